The molecular formula is C21H25F4N5O3. The van der Waals surface area contributed by atoms with E-state index < -0.39 is 35.4 Å². The second-order valence-corrected chi connectivity index (χ2v) is 8.56. The second-order valence-electron chi connectivity index (χ2n) is 8.56. The average molecular weight is 471 g/mol. The normalized spacial score (nSPS) is 22.8. The molecule has 1 heterocycles. The van der Waals surface area contributed by atoms with Crippen LogP contribution in [0.4, 0.5) is 27.2 Å². The minimum atomic E-state index is -4.94. The summed E-state index contributed by atoms with van der Waals surface area (Å²) in [5, 5.41) is 14.8. The van der Waals surface area contributed by atoms with E-state index >= 15 is 0 Å². The Kier molecular flexibility index (Phi) is 6.90. The molecule has 2 aliphatic rings. The number of ether oxygens (including phenoxy) is 1. The Morgan fingerprint density at radius 3 is 2.58 bits per heavy atom. The van der Waals surface area contributed by atoms with Gasteiger partial charge in [-0.15, -0.1) is 13.2 Å². The summed E-state index contributed by atoms with van der Waals surface area (Å²) in [6, 6.07) is 3.61. The van der Waals surface area contributed by atoms with E-state index in [9.17, 15) is 32.4 Å². The van der Waals surface area contributed by atoms with Gasteiger partial charge in [0.05, 0.1) is 17.5 Å². The predicted octanol–water partition coefficient (Wildman–Crippen LogP) is 3.34. The minimum absolute atomic E-state index is 0.00823. The summed E-state index contributed by atoms with van der Waals surface area (Å²) in [5.74, 6) is -1.64. The second kappa shape index (κ2) is 9.33. The van der Waals surface area contributed by atoms with Crippen molar-refractivity contribution in [1.82, 2.24) is 20.4 Å². The summed E-state index contributed by atoms with van der Waals surface area (Å²) in [5.41, 5.74) is -0.852. The molecule has 0 spiro atoms. The first-order valence-corrected chi connectivity index (χ1v) is 10.4. The van der Waals surface area contributed by atoms with Crippen LogP contribution in [0.2, 0.25) is 0 Å². The van der Waals surface area contributed by atoms with Gasteiger partial charge >= 0.3 is 18.4 Å². The number of alkyl halides is 3. The van der Waals surface area contributed by atoms with Crippen LogP contribution >= 0.6 is 0 Å². The number of nitrogens with one attached hydrogen (secondary N) is 2. The van der Waals surface area contributed by atoms with Crippen LogP contribution in [-0.4, -0.2) is 60.4 Å². The van der Waals surface area contributed by atoms with Crippen molar-refractivity contribution in [3.05, 3.63) is 29.6 Å². The van der Waals surface area contributed by atoms with Crippen LogP contribution in [0.15, 0.2) is 18.2 Å². The molecule has 12 heteroatoms. The van der Waals surface area contributed by atoms with Gasteiger partial charge in [0, 0.05) is 44.4 Å². The number of likely N-dealkylation sites (tertiary alicyclic amines) is 1. The number of piperidine rings is 1. The van der Waals surface area contributed by atoms with Crippen molar-refractivity contribution in [2.24, 2.45) is 5.41 Å². The van der Waals surface area contributed by atoms with E-state index in [0.717, 1.165) is 25.0 Å². The molecule has 0 radical (unpaired) electrons. The first kappa shape index (κ1) is 24.4. The molecule has 2 N–H and O–H groups in total. The molecule has 3 rings (SSSR count). The van der Waals surface area contributed by atoms with Crippen LogP contribution in [-0.2, 0) is 6.54 Å². The number of urea groups is 2. The van der Waals surface area contributed by atoms with Gasteiger partial charge in [-0.2, -0.15) is 5.26 Å². The van der Waals surface area contributed by atoms with Crippen molar-refractivity contribution >= 4 is 12.1 Å². The molecule has 1 aliphatic heterocycles. The topological polar surface area (TPSA) is 97.7 Å². The van der Waals surface area contributed by atoms with Crippen LogP contribution in [0.1, 0.15) is 31.7 Å². The first-order chi connectivity index (χ1) is 15.4. The van der Waals surface area contributed by atoms with Crippen molar-refractivity contribution < 1.29 is 31.9 Å². The summed E-state index contributed by atoms with van der Waals surface area (Å²) >= 11 is 0. The minimum Gasteiger partial charge on any atom is -0.406 e. The van der Waals surface area contributed by atoms with Gasteiger partial charge in [-0.1, -0.05) is 6.07 Å². The Morgan fingerprint density at radius 2 is 2.03 bits per heavy atom. The Hall–Kier alpha value is -3.23. The van der Waals surface area contributed by atoms with Gasteiger partial charge in [-0.25, -0.2) is 14.0 Å². The number of carbonyl (C=O) groups is 2. The van der Waals surface area contributed by atoms with Crippen molar-refractivity contribution in [1.29, 1.82) is 5.26 Å². The van der Waals surface area contributed by atoms with E-state index in [0.29, 0.717) is 12.5 Å². The largest absolute Gasteiger partial charge is 0.573 e. The molecule has 8 nitrogen and oxygen atoms in total. The van der Waals surface area contributed by atoms with E-state index in [-0.39, 0.29) is 37.3 Å². The monoisotopic (exact) mass is 471 g/mol. The Labute approximate surface area is 188 Å². The number of rotatable bonds is 5. The first-order valence-electron chi connectivity index (χ1n) is 10.4. The lowest BCUT2D eigenvalue weighted by Gasteiger charge is -2.44. The summed E-state index contributed by atoms with van der Waals surface area (Å²) in [6.07, 6.45) is -3.03. The molecule has 1 saturated carbocycles. The maximum atomic E-state index is 14.2. The van der Waals surface area contributed by atoms with Gasteiger partial charge < -0.3 is 25.2 Å². The molecule has 0 unspecified atom stereocenters. The third-order valence-corrected chi connectivity index (χ3v) is 5.68. The zero-order chi connectivity index (χ0) is 24.4. The lowest BCUT2D eigenvalue weighted by Crippen LogP contribution is -2.60. The molecule has 180 valence electrons. The molecule has 2 atom stereocenters. The number of hydrogen-bond donors (Lipinski definition) is 2. The fourth-order valence-electron chi connectivity index (χ4n) is 4.08. The van der Waals surface area contributed by atoms with Crippen molar-refractivity contribution in [3.8, 4) is 11.8 Å². The average Bonchev–Trinajstić information content (AvgIpc) is 3.56. The van der Waals surface area contributed by atoms with Gasteiger partial charge in [0.25, 0.3) is 0 Å². The summed E-state index contributed by atoms with van der Waals surface area (Å²) in [4.78, 5) is 28.3. The van der Waals surface area contributed by atoms with Gasteiger partial charge in [-0.3, -0.25) is 0 Å². The standard InChI is InChI=1S/C21H25F4N5O3/c1-20(11-26)8-15(10-29(12-20)18(31)27-2)30(14-4-5-14)19(32)28-9-13-3-6-16(7-17(13)22)33-21(23,24)25/h3,6-7,14-15H,4-5,8-10,12H2,1-2H3,(H,27,31)(H,28,32)/t15-,20+/m1/s1. The quantitative estimate of drug-likeness (QED) is 0.644. The zero-order valence-corrected chi connectivity index (χ0v) is 18.2. The molecule has 1 aromatic rings. The number of amides is 4. The van der Waals surface area contributed by atoms with Gasteiger partial charge in [0.2, 0.25) is 0 Å². The third-order valence-electron chi connectivity index (χ3n) is 5.68. The van der Waals surface area contributed by atoms with Crippen LogP contribution in [0.3, 0.4) is 0 Å². The highest BCUT2D eigenvalue weighted by molar-refractivity contribution is 5.76. The van der Waals surface area contributed by atoms with Gasteiger partial charge in [-0.05, 0) is 32.3 Å². The highest BCUT2D eigenvalue weighted by Crippen LogP contribution is 2.37. The number of nitriles is 1. The molecule has 1 saturated heterocycles. The van der Waals surface area contributed by atoms with Crippen LogP contribution in [0.5, 0.6) is 5.75 Å². The molecule has 33 heavy (non-hydrogen) atoms. The van der Waals surface area contributed by atoms with Gasteiger partial charge in [0.15, 0.2) is 0 Å². The molecule has 1 aliphatic carbocycles. The molecule has 1 aromatic carbocycles. The fourth-order valence-corrected chi connectivity index (χ4v) is 4.08. The number of hydrogen-bond acceptors (Lipinski definition) is 4. The third kappa shape index (κ3) is 6.18. The zero-order valence-electron chi connectivity index (χ0n) is 18.2. The number of halogens is 4. The van der Waals surface area contributed by atoms with Crippen LogP contribution < -0.4 is 15.4 Å². The summed E-state index contributed by atoms with van der Waals surface area (Å²) in [7, 11) is 1.49. The predicted molar refractivity (Wildman–Crippen MR) is 108 cm³/mol. The van der Waals surface area contributed by atoms with Gasteiger partial charge in [0.1, 0.15) is 11.6 Å². The van der Waals surface area contributed by atoms with Crippen LogP contribution in [0.25, 0.3) is 0 Å². The molecule has 0 bridgehead atoms. The van der Waals surface area contributed by atoms with Crippen molar-refractivity contribution in [2.45, 2.75) is 51.2 Å². The van der Waals surface area contributed by atoms with Crippen LogP contribution in [0, 0.1) is 22.6 Å². The molecule has 4 amide bonds. The van der Waals surface area contributed by atoms with Crippen molar-refractivity contribution in [3.63, 3.8) is 0 Å². The molecular weight excluding hydrogens is 446 g/mol. The number of carbonyl (C=O) groups excluding carboxylic acids is 2. The maximum absolute atomic E-state index is 14.2. The summed E-state index contributed by atoms with van der Waals surface area (Å²) in [6.45, 7) is 1.97. The number of benzene rings is 1. The lowest BCUT2D eigenvalue weighted by atomic mass is 9.80. The SMILES string of the molecule is CNC(=O)N1C[C@H](N(C(=O)NCc2ccc(OC(F)(F)F)cc2F)C2CC2)C[C@@](C)(C#N)C1. The van der Waals surface area contributed by atoms with E-state index in [4.69, 9.17) is 0 Å². The lowest BCUT2D eigenvalue weighted by molar-refractivity contribution is -0.274. The van der Waals surface area contributed by atoms with E-state index in [2.05, 4.69) is 21.4 Å². The fraction of sp³-hybridized carbons (Fsp3) is 0.571. The number of nitrogens with zero attached hydrogens (tertiary/aromatic N) is 3. The van der Waals surface area contributed by atoms with E-state index in [1.165, 1.54) is 11.9 Å². The highest BCUT2D eigenvalue weighted by atomic mass is 19.4. The molecule has 0 aromatic heterocycles. The van der Waals surface area contributed by atoms with E-state index in [1.54, 1.807) is 11.8 Å². The maximum Gasteiger partial charge on any atom is 0.573 e. The molecule has 2 fully saturated rings. The van der Waals surface area contributed by atoms with Crippen molar-refractivity contribution in [2.75, 3.05) is 20.1 Å². The van der Waals surface area contributed by atoms with E-state index in [1.807, 2.05) is 0 Å². The Balaban J connectivity index is 1.71. The smallest absolute Gasteiger partial charge is 0.406 e. The Morgan fingerprint density at radius 1 is 1.33 bits per heavy atom. The Bertz CT molecular complexity index is 947. The summed E-state index contributed by atoms with van der Waals surface area (Å²) < 4.78 is 54.8. The highest BCUT2D eigenvalue weighted by Gasteiger charge is 2.45.